The van der Waals surface area contributed by atoms with Crippen LogP contribution in [-0.2, 0) is 20.8 Å². The Labute approximate surface area is 248 Å². The van der Waals surface area contributed by atoms with Gasteiger partial charge in [-0.1, -0.05) is 67.2 Å². The Morgan fingerprint density at radius 3 is 1.15 bits per heavy atom. The highest BCUT2D eigenvalue weighted by molar-refractivity contribution is 9.10. The lowest BCUT2D eigenvalue weighted by molar-refractivity contribution is -0.116. The standard InChI is InChI=1S/C8H9NO.C6H7N.C5H4BrN.2C3H6O.3C2H6.CH4/c1-7(10)6-8-4-2-3-5-9-8;1-6-4-2-3-5-7-6;6-5-3-1-2-4-7-5;2*1-3(2)4;3*1-2;/h2-5H,6H2,1H3;2-5H,1H3;1-4H;2*1-2H3;3*1-2H3;1H4. The Morgan fingerprint density at radius 2 is 0.974 bits per heavy atom. The van der Waals surface area contributed by atoms with Gasteiger partial charge >= 0.3 is 0 Å². The molecule has 0 bridgehead atoms. The van der Waals surface area contributed by atoms with Crippen LogP contribution in [-0.4, -0.2) is 32.3 Å². The zero-order chi connectivity index (χ0) is 30.8. The molecule has 3 rings (SSSR count). The summed E-state index contributed by atoms with van der Waals surface area (Å²) >= 11 is 3.20. The summed E-state index contributed by atoms with van der Waals surface area (Å²) in [7, 11) is 0. The van der Waals surface area contributed by atoms with Crippen molar-refractivity contribution in [2.45, 2.75) is 96.9 Å². The molecule has 0 unspecified atom stereocenters. The molecule has 3 aromatic rings. The summed E-state index contributed by atoms with van der Waals surface area (Å²) in [5, 5.41) is 0. The van der Waals surface area contributed by atoms with Crippen molar-refractivity contribution in [3.63, 3.8) is 0 Å². The maximum atomic E-state index is 10.6. The minimum atomic E-state index is 0. The third-order valence-electron chi connectivity index (χ3n) is 2.60. The van der Waals surface area contributed by atoms with E-state index in [9.17, 15) is 14.4 Å². The van der Waals surface area contributed by atoms with Crippen molar-refractivity contribution < 1.29 is 14.4 Å². The van der Waals surface area contributed by atoms with Gasteiger partial charge in [-0.3, -0.25) is 14.8 Å². The normalized spacial score (nSPS) is 7.31. The molecule has 3 aromatic heterocycles. The number of ketones is 3. The molecule has 0 amide bonds. The van der Waals surface area contributed by atoms with Gasteiger partial charge in [-0.15, -0.1) is 0 Å². The lowest BCUT2D eigenvalue weighted by Crippen LogP contribution is -1.97. The number of hydrogen-bond donors (Lipinski definition) is 0. The molecule has 0 atom stereocenters. The van der Waals surface area contributed by atoms with E-state index in [-0.39, 0.29) is 24.8 Å². The lowest BCUT2D eigenvalue weighted by Gasteiger charge is -1.92. The summed E-state index contributed by atoms with van der Waals surface area (Å²) in [6.07, 6.45) is 5.67. The second-order valence-corrected chi connectivity index (χ2v) is 7.45. The Hall–Kier alpha value is -3.06. The maximum Gasteiger partial charge on any atom is 0.135 e. The van der Waals surface area contributed by atoms with Gasteiger partial charge in [0.05, 0.1) is 0 Å². The summed E-state index contributed by atoms with van der Waals surface area (Å²) in [4.78, 5) is 41.3. The van der Waals surface area contributed by atoms with Crippen LogP contribution in [0.3, 0.4) is 0 Å². The van der Waals surface area contributed by atoms with E-state index >= 15 is 0 Å². The zero-order valence-corrected chi connectivity index (χ0v) is 27.2. The molecule has 0 aromatic carbocycles. The molecular formula is C32H54BrN3O3. The number of halogens is 1. The van der Waals surface area contributed by atoms with Gasteiger partial charge in [0.2, 0.25) is 0 Å². The van der Waals surface area contributed by atoms with Crippen LogP contribution in [0, 0.1) is 6.92 Å². The van der Waals surface area contributed by atoms with E-state index in [1.807, 2.05) is 103 Å². The van der Waals surface area contributed by atoms with Crippen LogP contribution in [0.2, 0.25) is 0 Å². The predicted molar refractivity (Wildman–Crippen MR) is 173 cm³/mol. The van der Waals surface area contributed by atoms with Crippen LogP contribution in [0.25, 0.3) is 0 Å². The van der Waals surface area contributed by atoms with Gasteiger partial charge in [-0.05, 0) is 93.9 Å². The van der Waals surface area contributed by atoms with Gasteiger partial charge in [-0.25, -0.2) is 4.98 Å². The van der Waals surface area contributed by atoms with E-state index in [1.54, 1.807) is 25.5 Å². The molecular weight excluding hydrogens is 554 g/mol. The molecule has 7 heteroatoms. The minimum absolute atomic E-state index is 0. The fraction of sp³-hybridized carbons (Fsp3) is 0.438. The van der Waals surface area contributed by atoms with Crippen molar-refractivity contribution in [1.29, 1.82) is 0 Å². The lowest BCUT2D eigenvalue weighted by atomic mass is 10.2. The molecule has 222 valence electrons. The van der Waals surface area contributed by atoms with Crippen molar-refractivity contribution in [1.82, 2.24) is 15.0 Å². The Balaban J connectivity index is -0.0000000854. The molecule has 0 aliphatic rings. The van der Waals surface area contributed by atoms with Crippen molar-refractivity contribution in [2.75, 3.05) is 0 Å². The van der Waals surface area contributed by atoms with Gasteiger partial charge in [0.25, 0.3) is 0 Å². The first-order chi connectivity index (χ1) is 18.0. The first-order valence-corrected chi connectivity index (χ1v) is 13.6. The van der Waals surface area contributed by atoms with Crippen LogP contribution < -0.4 is 0 Å². The molecule has 0 fully saturated rings. The number of carbonyl (C=O) groups is 3. The molecule has 0 aliphatic heterocycles. The van der Waals surface area contributed by atoms with E-state index in [4.69, 9.17) is 0 Å². The second kappa shape index (κ2) is 42.0. The van der Waals surface area contributed by atoms with Gasteiger partial charge in [0.1, 0.15) is 22.0 Å². The van der Waals surface area contributed by atoms with E-state index in [1.165, 1.54) is 27.7 Å². The summed E-state index contributed by atoms with van der Waals surface area (Å²) in [5.41, 5.74) is 1.91. The van der Waals surface area contributed by atoms with Gasteiger partial charge in [-0.2, -0.15) is 0 Å². The van der Waals surface area contributed by atoms with Gasteiger partial charge in [0, 0.05) is 36.4 Å². The van der Waals surface area contributed by atoms with Crippen molar-refractivity contribution in [3.8, 4) is 0 Å². The highest BCUT2D eigenvalue weighted by Gasteiger charge is 1.95. The fourth-order valence-electron chi connectivity index (χ4n) is 1.55. The van der Waals surface area contributed by atoms with E-state index in [0.29, 0.717) is 6.42 Å². The predicted octanol–water partition coefficient (Wildman–Crippen LogP) is 9.35. The van der Waals surface area contributed by atoms with E-state index in [2.05, 4.69) is 30.9 Å². The largest absolute Gasteiger partial charge is 0.300 e. The maximum absolute atomic E-state index is 10.6. The molecule has 6 nitrogen and oxygen atoms in total. The Bertz CT molecular complexity index is 819. The highest BCUT2D eigenvalue weighted by atomic mass is 79.9. The molecule has 0 N–H and O–H groups in total. The first-order valence-electron chi connectivity index (χ1n) is 12.8. The molecule has 0 saturated heterocycles. The number of Topliss-reactive ketones (excluding diaryl/α,β-unsaturated/α-hetero) is 3. The molecule has 0 radical (unpaired) electrons. The van der Waals surface area contributed by atoms with Crippen LogP contribution in [0.5, 0.6) is 0 Å². The molecule has 3 heterocycles. The SMILES string of the molecule is Brc1ccccn1.C.CC.CC.CC.CC(=O)Cc1ccccn1.CC(C)=O.CC(C)=O.Cc1ccccn1. The monoisotopic (exact) mass is 607 g/mol. The second-order valence-electron chi connectivity index (χ2n) is 6.64. The van der Waals surface area contributed by atoms with Gasteiger partial charge in [0.15, 0.2) is 0 Å². The third-order valence-corrected chi connectivity index (χ3v) is 3.07. The number of aryl methyl sites for hydroxylation is 1. The van der Waals surface area contributed by atoms with Crippen LogP contribution in [0.15, 0.2) is 77.8 Å². The van der Waals surface area contributed by atoms with Crippen LogP contribution in [0.4, 0.5) is 0 Å². The number of hydrogen-bond acceptors (Lipinski definition) is 6. The zero-order valence-electron chi connectivity index (χ0n) is 25.6. The quantitative estimate of drug-likeness (QED) is 0.269. The van der Waals surface area contributed by atoms with E-state index in [0.717, 1.165) is 16.0 Å². The van der Waals surface area contributed by atoms with E-state index < -0.39 is 0 Å². The number of carbonyl (C=O) groups excluding carboxylic acids is 3. The summed E-state index contributed by atoms with van der Waals surface area (Å²) in [6, 6.07) is 17.1. The van der Waals surface area contributed by atoms with Crippen molar-refractivity contribution in [3.05, 3.63) is 89.2 Å². The number of rotatable bonds is 2. The minimum Gasteiger partial charge on any atom is -0.300 e. The molecule has 0 saturated carbocycles. The molecule has 0 spiro atoms. The molecule has 39 heavy (non-hydrogen) atoms. The number of aromatic nitrogens is 3. The average Bonchev–Trinajstić information content (AvgIpc) is 2.89. The third kappa shape index (κ3) is 61.0. The smallest absolute Gasteiger partial charge is 0.135 e. The number of pyridine rings is 3. The topological polar surface area (TPSA) is 89.9 Å². The summed E-state index contributed by atoms with van der Waals surface area (Å²) < 4.78 is 0.884. The van der Waals surface area contributed by atoms with Crippen molar-refractivity contribution in [2.24, 2.45) is 0 Å². The average molecular weight is 609 g/mol. The first kappa shape index (κ1) is 48.9. The highest BCUT2D eigenvalue weighted by Crippen LogP contribution is 2.00. The van der Waals surface area contributed by atoms with Gasteiger partial charge < -0.3 is 9.59 Å². The summed E-state index contributed by atoms with van der Waals surface area (Å²) in [5.74, 6) is 0.485. The number of nitrogens with zero attached hydrogens (tertiary/aromatic N) is 3. The van der Waals surface area contributed by atoms with Crippen LogP contribution in [0.1, 0.15) is 95.0 Å². The fourth-order valence-corrected chi connectivity index (χ4v) is 1.82. The Morgan fingerprint density at radius 1 is 0.615 bits per heavy atom. The molecule has 0 aliphatic carbocycles. The van der Waals surface area contributed by atoms with Crippen molar-refractivity contribution >= 4 is 33.3 Å². The Kier molecular flexibility index (Phi) is 52.8. The van der Waals surface area contributed by atoms with Crippen LogP contribution >= 0.6 is 15.9 Å². The summed E-state index contributed by atoms with van der Waals surface area (Å²) in [6.45, 7) is 21.6.